The van der Waals surface area contributed by atoms with E-state index in [1.807, 2.05) is 20.0 Å². The molecule has 0 aliphatic carbocycles. The molecule has 1 atom stereocenters. The minimum Gasteiger partial charge on any atom is -0.489 e. The van der Waals surface area contributed by atoms with Gasteiger partial charge in [-0.2, -0.15) is 0 Å². The summed E-state index contributed by atoms with van der Waals surface area (Å²) in [6, 6.07) is 10.8. The van der Waals surface area contributed by atoms with E-state index in [1.54, 1.807) is 6.20 Å². The highest BCUT2D eigenvalue weighted by Crippen LogP contribution is 2.34. The first-order chi connectivity index (χ1) is 9.22. The van der Waals surface area contributed by atoms with Crippen molar-refractivity contribution < 1.29 is 4.74 Å². The van der Waals surface area contributed by atoms with E-state index in [2.05, 4.69) is 40.6 Å². The van der Waals surface area contributed by atoms with E-state index >= 15 is 0 Å². The summed E-state index contributed by atoms with van der Waals surface area (Å²) in [6.45, 7) is 4.05. The van der Waals surface area contributed by atoms with Gasteiger partial charge in [0.05, 0.1) is 18.3 Å². The summed E-state index contributed by atoms with van der Waals surface area (Å²) in [5, 5.41) is 3.54. The second-order valence-corrected chi connectivity index (χ2v) is 5.18. The first-order valence-corrected chi connectivity index (χ1v) is 6.68. The van der Waals surface area contributed by atoms with Gasteiger partial charge in [-0.05, 0) is 43.5 Å². The third-order valence-electron chi connectivity index (χ3n) is 3.28. The SMILES string of the molecule is CC(C)Oc1cncc(C2Cc3ccccc3N2)c1. The molecule has 0 saturated heterocycles. The number of hydrogen-bond acceptors (Lipinski definition) is 3. The molecular weight excluding hydrogens is 236 g/mol. The van der Waals surface area contributed by atoms with E-state index in [9.17, 15) is 0 Å². The van der Waals surface area contributed by atoms with Gasteiger partial charge in [0.25, 0.3) is 0 Å². The Kier molecular flexibility index (Phi) is 3.11. The van der Waals surface area contributed by atoms with Crippen LogP contribution in [0.5, 0.6) is 5.75 Å². The molecule has 2 heterocycles. The van der Waals surface area contributed by atoms with Gasteiger partial charge >= 0.3 is 0 Å². The predicted molar refractivity (Wildman–Crippen MR) is 76.5 cm³/mol. The zero-order valence-electron chi connectivity index (χ0n) is 11.3. The van der Waals surface area contributed by atoms with Crippen LogP contribution in [0.4, 0.5) is 5.69 Å². The van der Waals surface area contributed by atoms with Gasteiger partial charge in [-0.15, -0.1) is 0 Å². The Bertz CT molecular complexity index is 555. The smallest absolute Gasteiger partial charge is 0.138 e. The highest BCUT2D eigenvalue weighted by Gasteiger charge is 2.22. The van der Waals surface area contributed by atoms with Gasteiger partial charge in [-0.25, -0.2) is 0 Å². The molecule has 98 valence electrons. The molecule has 0 bridgehead atoms. The minimum absolute atomic E-state index is 0.172. The largest absolute Gasteiger partial charge is 0.489 e. The third kappa shape index (κ3) is 2.55. The van der Waals surface area contributed by atoms with Crippen molar-refractivity contribution in [3.63, 3.8) is 0 Å². The fourth-order valence-corrected chi connectivity index (χ4v) is 2.46. The molecule has 3 heteroatoms. The van der Waals surface area contributed by atoms with Gasteiger partial charge in [-0.3, -0.25) is 4.98 Å². The maximum absolute atomic E-state index is 5.70. The fraction of sp³-hybridized carbons (Fsp3) is 0.312. The average molecular weight is 254 g/mol. The van der Waals surface area contributed by atoms with Crippen molar-refractivity contribution in [1.29, 1.82) is 0 Å². The van der Waals surface area contributed by atoms with Gasteiger partial charge < -0.3 is 10.1 Å². The molecule has 1 aromatic carbocycles. The van der Waals surface area contributed by atoms with E-state index in [-0.39, 0.29) is 6.10 Å². The summed E-state index contributed by atoms with van der Waals surface area (Å²) in [5.41, 5.74) is 3.76. The maximum atomic E-state index is 5.70. The lowest BCUT2D eigenvalue weighted by Crippen LogP contribution is -2.09. The van der Waals surface area contributed by atoms with Crippen LogP contribution in [-0.2, 0) is 6.42 Å². The van der Waals surface area contributed by atoms with Crippen LogP contribution in [0.1, 0.15) is 31.0 Å². The Balaban J connectivity index is 1.81. The van der Waals surface area contributed by atoms with Crippen LogP contribution < -0.4 is 10.1 Å². The number of rotatable bonds is 3. The van der Waals surface area contributed by atoms with Crippen LogP contribution in [0.3, 0.4) is 0 Å². The molecule has 19 heavy (non-hydrogen) atoms. The van der Waals surface area contributed by atoms with Crippen molar-refractivity contribution >= 4 is 5.69 Å². The highest BCUT2D eigenvalue weighted by molar-refractivity contribution is 5.58. The molecule has 1 N–H and O–H groups in total. The monoisotopic (exact) mass is 254 g/mol. The number of anilines is 1. The molecule has 0 saturated carbocycles. The zero-order chi connectivity index (χ0) is 13.2. The summed E-state index contributed by atoms with van der Waals surface area (Å²) in [7, 11) is 0. The van der Waals surface area contributed by atoms with Crippen molar-refractivity contribution in [3.8, 4) is 5.75 Å². The second-order valence-electron chi connectivity index (χ2n) is 5.18. The number of hydrogen-bond donors (Lipinski definition) is 1. The molecule has 0 spiro atoms. The second kappa shape index (κ2) is 4.92. The van der Waals surface area contributed by atoms with E-state index in [4.69, 9.17) is 4.74 Å². The van der Waals surface area contributed by atoms with E-state index < -0.39 is 0 Å². The molecule has 1 aliphatic heterocycles. The topological polar surface area (TPSA) is 34.1 Å². The Morgan fingerprint density at radius 2 is 2.11 bits per heavy atom. The lowest BCUT2D eigenvalue weighted by Gasteiger charge is -2.14. The van der Waals surface area contributed by atoms with Crippen LogP contribution in [0.25, 0.3) is 0 Å². The number of fused-ring (bicyclic) bond motifs is 1. The molecule has 0 amide bonds. The van der Waals surface area contributed by atoms with Crippen molar-refractivity contribution in [2.24, 2.45) is 0 Å². The fourth-order valence-electron chi connectivity index (χ4n) is 2.46. The lowest BCUT2D eigenvalue weighted by atomic mass is 10.0. The van der Waals surface area contributed by atoms with Crippen molar-refractivity contribution in [3.05, 3.63) is 53.9 Å². The van der Waals surface area contributed by atoms with Gasteiger partial charge in [0.1, 0.15) is 5.75 Å². The molecular formula is C16H18N2O. The summed E-state index contributed by atoms with van der Waals surface area (Å²) < 4.78 is 5.70. The molecule has 3 rings (SSSR count). The number of nitrogens with zero attached hydrogens (tertiary/aromatic N) is 1. The third-order valence-corrected chi connectivity index (χ3v) is 3.28. The summed E-state index contributed by atoms with van der Waals surface area (Å²) in [6.07, 6.45) is 4.86. The summed E-state index contributed by atoms with van der Waals surface area (Å²) >= 11 is 0. The minimum atomic E-state index is 0.172. The van der Waals surface area contributed by atoms with E-state index in [1.165, 1.54) is 16.8 Å². The summed E-state index contributed by atoms with van der Waals surface area (Å²) in [4.78, 5) is 4.28. The molecule has 1 aromatic heterocycles. The van der Waals surface area contributed by atoms with E-state index in [0.29, 0.717) is 6.04 Å². The standard InChI is InChI=1S/C16H18N2O/c1-11(2)19-14-7-13(9-17-10-14)16-8-12-5-3-4-6-15(12)18-16/h3-7,9-11,16,18H,8H2,1-2H3. The van der Waals surface area contributed by atoms with Crippen LogP contribution >= 0.6 is 0 Å². The lowest BCUT2D eigenvalue weighted by molar-refractivity contribution is 0.241. The van der Waals surface area contributed by atoms with Gasteiger partial charge in [-0.1, -0.05) is 18.2 Å². The number of benzene rings is 1. The number of para-hydroxylation sites is 1. The molecule has 0 fully saturated rings. The first-order valence-electron chi connectivity index (χ1n) is 6.68. The number of pyridine rings is 1. The van der Waals surface area contributed by atoms with Gasteiger partial charge in [0.2, 0.25) is 0 Å². The van der Waals surface area contributed by atoms with Gasteiger partial charge in [0, 0.05) is 11.9 Å². The molecule has 2 aromatic rings. The van der Waals surface area contributed by atoms with Crippen molar-refractivity contribution in [1.82, 2.24) is 4.98 Å². The quantitative estimate of drug-likeness (QED) is 0.909. The Hall–Kier alpha value is -2.03. The Morgan fingerprint density at radius 3 is 2.89 bits per heavy atom. The van der Waals surface area contributed by atoms with Crippen molar-refractivity contribution in [2.75, 3.05) is 5.32 Å². The van der Waals surface area contributed by atoms with Crippen molar-refractivity contribution in [2.45, 2.75) is 32.4 Å². The average Bonchev–Trinajstić information content (AvgIpc) is 2.82. The number of nitrogens with one attached hydrogen (secondary N) is 1. The van der Waals surface area contributed by atoms with Crippen LogP contribution in [0.15, 0.2) is 42.7 Å². The van der Waals surface area contributed by atoms with Gasteiger partial charge in [0.15, 0.2) is 0 Å². The number of aromatic nitrogens is 1. The number of ether oxygens (including phenoxy) is 1. The Morgan fingerprint density at radius 1 is 1.26 bits per heavy atom. The maximum Gasteiger partial charge on any atom is 0.138 e. The molecule has 3 nitrogen and oxygen atoms in total. The molecule has 1 unspecified atom stereocenters. The van der Waals surface area contributed by atoms with Crippen LogP contribution in [0, 0.1) is 0 Å². The Labute approximate surface area is 113 Å². The highest BCUT2D eigenvalue weighted by atomic mass is 16.5. The molecule has 0 radical (unpaired) electrons. The van der Waals surface area contributed by atoms with Crippen LogP contribution in [-0.4, -0.2) is 11.1 Å². The zero-order valence-corrected chi connectivity index (χ0v) is 11.3. The molecule has 1 aliphatic rings. The van der Waals surface area contributed by atoms with Crippen LogP contribution in [0.2, 0.25) is 0 Å². The predicted octanol–water partition coefficient (Wildman–Crippen LogP) is 3.58. The first kappa shape index (κ1) is 12.0. The van der Waals surface area contributed by atoms with E-state index in [0.717, 1.165) is 12.2 Å². The summed E-state index contributed by atoms with van der Waals surface area (Å²) in [5.74, 6) is 0.838. The normalized spacial score (nSPS) is 17.1.